The van der Waals surface area contributed by atoms with Crippen LogP contribution in [0.5, 0.6) is 0 Å². The van der Waals surface area contributed by atoms with E-state index in [-0.39, 0.29) is 5.92 Å². The van der Waals surface area contributed by atoms with E-state index >= 15 is 0 Å². The minimum absolute atomic E-state index is 0.202. The highest BCUT2D eigenvalue weighted by Gasteiger charge is 2.19. The van der Waals surface area contributed by atoms with Crippen molar-refractivity contribution in [2.75, 3.05) is 18.0 Å². The Hall–Kier alpha value is -1.49. The van der Waals surface area contributed by atoms with E-state index < -0.39 is 0 Å². The van der Waals surface area contributed by atoms with Crippen molar-refractivity contribution in [2.45, 2.75) is 32.6 Å². The second-order valence-corrected chi connectivity index (χ2v) is 5.16. The quantitative estimate of drug-likeness (QED) is 0.774. The van der Waals surface area contributed by atoms with Crippen LogP contribution < -0.4 is 4.90 Å². The molecule has 2 rings (SSSR count). The minimum Gasteiger partial charge on any atom is -0.370 e. The number of nitriles is 1. The Morgan fingerprint density at radius 3 is 2.59 bits per heavy atom. The van der Waals surface area contributed by atoms with E-state index in [1.165, 1.54) is 11.3 Å². The van der Waals surface area contributed by atoms with Gasteiger partial charge in [0, 0.05) is 18.8 Å². The summed E-state index contributed by atoms with van der Waals surface area (Å²) in [6.45, 7) is 6.39. The number of nitrogens with zero attached hydrogens (tertiary/aromatic N) is 2. The Bertz CT molecular complexity index is 400. The van der Waals surface area contributed by atoms with Crippen molar-refractivity contribution in [2.24, 2.45) is 5.92 Å². The molecule has 1 fully saturated rings. The molecule has 0 radical (unpaired) electrons. The Labute approximate surface area is 104 Å². The molecule has 1 atom stereocenters. The number of hydrogen-bond acceptors (Lipinski definition) is 2. The van der Waals surface area contributed by atoms with E-state index in [0.717, 1.165) is 25.9 Å². The Kier molecular flexibility index (Phi) is 3.68. The zero-order valence-corrected chi connectivity index (χ0v) is 10.7. The zero-order chi connectivity index (χ0) is 12.3. The Morgan fingerprint density at radius 2 is 2.00 bits per heavy atom. The number of rotatable bonds is 2. The highest BCUT2D eigenvalue weighted by molar-refractivity contribution is 5.48. The molecule has 1 unspecified atom stereocenters. The summed E-state index contributed by atoms with van der Waals surface area (Å²) in [5.74, 6) is 0.783. The number of hydrogen-bond donors (Lipinski definition) is 0. The molecular weight excluding hydrogens is 208 g/mol. The highest BCUT2D eigenvalue weighted by atomic mass is 15.1. The molecule has 0 bridgehead atoms. The van der Waals surface area contributed by atoms with Crippen LogP contribution in [0.15, 0.2) is 24.3 Å². The van der Waals surface area contributed by atoms with Gasteiger partial charge in [-0.15, -0.1) is 0 Å². The van der Waals surface area contributed by atoms with E-state index in [9.17, 15) is 0 Å². The fraction of sp³-hybridized carbons (Fsp3) is 0.533. The smallest absolute Gasteiger partial charge is 0.0674 e. The topological polar surface area (TPSA) is 27.0 Å². The van der Waals surface area contributed by atoms with Gasteiger partial charge in [0.25, 0.3) is 0 Å². The molecule has 1 saturated heterocycles. The molecule has 2 nitrogen and oxygen atoms in total. The summed E-state index contributed by atoms with van der Waals surface area (Å²) >= 11 is 0. The average Bonchev–Trinajstić information content (AvgIpc) is 2.39. The van der Waals surface area contributed by atoms with Crippen LogP contribution in [0.1, 0.15) is 38.2 Å². The first-order chi connectivity index (χ1) is 8.20. The lowest BCUT2D eigenvalue weighted by molar-refractivity contribution is 0.493. The number of piperidine rings is 1. The molecule has 90 valence electrons. The van der Waals surface area contributed by atoms with E-state index in [0.29, 0.717) is 5.92 Å². The molecule has 0 spiro atoms. The second-order valence-electron chi connectivity index (χ2n) is 5.16. The number of benzene rings is 1. The summed E-state index contributed by atoms with van der Waals surface area (Å²) in [5.41, 5.74) is 2.64. The summed E-state index contributed by atoms with van der Waals surface area (Å²) in [6.07, 6.45) is 2.18. The second kappa shape index (κ2) is 5.23. The predicted octanol–water partition coefficient (Wildman–Crippen LogP) is 3.55. The average molecular weight is 228 g/mol. The van der Waals surface area contributed by atoms with Crippen molar-refractivity contribution in [3.05, 3.63) is 29.8 Å². The van der Waals surface area contributed by atoms with Gasteiger partial charge in [0.05, 0.1) is 12.0 Å². The van der Waals surface area contributed by atoms with E-state index in [1.807, 2.05) is 0 Å². The van der Waals surface area contributed by atoms with Crippen LogP contribution in [0.4, 0.5) is 5.69 Å². The summed E-state index contributed by atoms with van der Waals surface area (Å²) in [6, 6.07) is 11.2. The zero-order valence-electron chi connectivity index (χ0n) is 10.7. The van der Waals surface area contributed by atoms with E-state index in [2.05, 4.69) is 49.1 Å². The minimum atomic E-state index is 0.202. The third-order valence-corrected chi connectivity index (χ3v) is 3.53. The van der Waals surface area contributed by atoms with Gasteiger partial charge in [0.1, 0.15) is 0 Å². The normalized spacial score (nSPS) is 20.4. The van der Waals surface area contributed by atoms with Gasteiger partial charge in [0.2, 0.25) is 0 Å². The summed E-state index contributed by atoms with van der Waals surface area (Å²) < 4.78 is 0. The molecule has 0 aromatic heterocycles. The lowest BCUT2D eigenvalue weighted by atomic mass is 9.98. The third-order valence-electron chi connectivity index (χ3n) is 3.53. The summed E-state index contributed by atoms with van der Waals surface area (Å²) in [7, 11) is 0. The largest absolute Gasteiger partial charge is 0.370 e. The molecule has 0 N–H and O–H groups in total. The standard InChI is InChI=1S/C15H20N2/c1-12(2)14-5-7-15(8-6-14)17-9-3-4-13(10-16)11-17/h5-8,12-13H,3-4,9,11H2,1-2H3. The van der Waals surface area contributed by atoms with Crippen molar-refractivity contribution < 1.29 is 0 Å². The van der Waals surface area contributed by atoms with Crippen LogP contribution in [-0.2, 0) is 0 Å². The van der Waals surface area contributed by atoms with Crippen molar-refractivity contribution in [3.8, 4) is 6.07 Å². The van der Waals surface area contributed by atoms with Crippen LogP contribution >= 0.6 is 0 Å². The molecule has 2 heteroatoms. The monoisotopic (exact) mass is 228 g/mol. The van der Waals surface area contributed by atoms with Crippen LogP contribution in [0.3, 0.4) is 0 Å². The molecule has 0 saturated carbocycles. The van der Waals surface area contributed by atoms with Crippen molar-refractivity contribution >= 4 is 5.69 Å². The Morgan fingerprint density at radius 1 is 1.29 bits per heavy atom. The molecule has 1 heterocycles. The van der Waals surface area contributed by atoms with Gasteiger partial charge in [-0.2, -0.15) is 5.26 Å². The molecule has 17 heavy (non-hydrogen) atoms. The fourth-order valence-electron chi connectivity index (χ4n) is 2.39. The lowest BCUT2D eigenvalue weighted by Gasteiger charge is -2.31. The van der Waals surface area contributed by atoms with Crippen LogP contribution in [-0.4, -0.2) is 13.1 Å². The maximum absolute atomic E-state index is 9.00. The molecule has 1 aromatic carbocycles. The Balaban J connectivity index is 2.09. The van der Waals surface area contributed by atoms with Crippen molar-refractivity contribution in [3.63, 3.8) is 0 Å². The van der Waals surface area contributed by atoms with Crippen LogP contribution in [0.2, 0.25) is 0 Å². The molecular formula is C15H20N2. The predicted molar refractivity (Wildman–Crippen MR) is 71.1 cm³/mol. The molecule has 1 aliphatic heterocycles. The van der Waals surface area contributed by atoms with E-state index in [1.54, 1.807) is 0 Å². The van der Waals surface area contributed by atoms with Crippen LogP contribution in [0.25, 0.3) is 0 Å². The fourth-order valence-corrected chi connectivity index (χ4v) is 2.39. The maximum atomic E-state index is 9.00. The van der Waals surface area contributed by atoms with Crippen molar-refractivity contribution in [1.82, 2.24) is 0 Å². The van der Waals surface area contributed by atoms with Gasteiger partial charge in [0.15, 0.2) is 0 Å². The van der Waals surface area contributed by atoms with Gasteiger partial charge in [-0.3, -0.25) is 0 Å². The van der Waals surface area contributed by atoms with Gasteiger partial charge >= 0.3 is 0 Å². The number of anilines is 1. The first-order valence-corrected chi connectivity index (χ1v) is 6.45. The van der Waals surface area contributed by atoms with E-state index in [4.69, 9.17) is 5.26 Å². The van der Waals surface area contributed by atoms with Gasteiger partial charge in [-0.05, 0) is 36.5 Å². The lowest BCUT2D eigenvalue weighted by Crippen LogP contribution is -2.34. The SMILES string of the molecule is CC(C)c1ccc(N2CCCC(C#N)C2)cc1. The third kappa shape index (κ3) is 2.79. The van der Waals surface area contributed by atoms with Gasteiger partial charge in [-0.25, -0.2) is 0 Å². The highest BCUT2D eigenvalue weighted by Crippen LogP contribution is 2.24. The van der Waals surface area contributed by atoms with Gasteiger partial charge in [-0.1, -0.05) is 26.0 Å². The first kappa shape index (κ1) is 12.0. The molecule has 1 aliphatic rings. The maximum Gasteiger partial charge on any atom is 0.0674 e. The molecule has 0 aliphatic carbocycles. The van der Waals surface area contributed by atoms with Crippen LogP contribution in [0, 0.1) is 17.2 Å². The van der Waals surface area contributed by atoms with Gasteiger partial charge < -0.3 is 4.90 Å². The first-order valence-electron chi connectivity index (χ1n) is 6.45. The summed E-state index contributed by atoms with van der Waals surface area (Å²) in [5, 5.41) is 9.00. The summed E-state index contributed by atoms with van der Waals surface area (Å²) in [4.78, 5) is 2.33. The molecule has 0 amide bonds. The molecule has 1 aromatic rings. The van der Waals surface area contributed by atoms with Crippen molar-refractivity contribution in [1.29, 1.82) is 5.26 Å².